The molecular weight excluding hydrogens is 363 g/mol. The summed E-state index contributed by atoms with van der Waals surface area (Å²) in [5.74, 6) is 0. The van der Waals surface area contributed by atoms with Gasteiger partial charge in [-0.25, -0.2) is 8.42 Å². The minimum atomic E-state index is -4.62. The zero-order valence-electron chi connectivity index (χ0n) is 10.2. The highest BCUT2D eigenvalue weighted by Gasteiger charge is 2.35. The molecule has 1 aromatic rings. The monoisotopic (exact) mass is 373 g/mol. The van der Waals surface area contributed by atoms with Gasteiger partial charge in [-0.05, 0) is 18.2 Å². The first-order valence-electron chi connectivity index (χ1n) is 5.67. The summed E-state index contributed by atoms with van der Waals surface area (Å²) in [6.07, 6.45) is -4.62. The van der Waals surface area contributed by atoms with Crippen LogP contribution in [0.5, 0.6) is 0 Å². The molecule has 0 N–H and O–H groups in total. The summed E-state index contributed by atoms with van der Waals surface area (Å²) in [6.45, 7) is 0.753. The molecule has 0 aromatic heterocycles. The fraction of sp³-hybridized carbons (Fsp3) is 0.455. The van der Waals surface area contributed by atoms with Crippen LogP contribution in [0.25, 0.3) is 0 Å². The Kier molecular flexibility index (Phi) is 4.43. The lowest BCUT2D eigenvalue weighted by Gasteiger charge is -2.26. The predicted octanol–water partition coefficient (Wildman–Crippen LogP) is 2.49. The number of ether oxygens (including phenoxy) is 1. The lowest BCUT2D eigenvalue weighted by molar-refractivity contribution is -0.138. The van der Waals surface area contributed by atoms with Crippen LogP contribution < -0.4 is 0 Å². The number of benzene rings is 1. The number of hydrogen-bond acceptors (Lipinski definition) is 3. The SMILES string of the molecule is O=S(=O)(c1ccc(Br)c(C(F)(F)F)c1)N1CCOCC1. The van der Waals surface area contributed by atoms with Crippen LogP contribution in [0.2, 0.25) is 0 Å². The first-order valence-corrected chi connectivity index (χ1v) is 7.91. The molecule has 0 spiro atoms. The summed E-state index contributed by atoms with van der Waals surface area (Å²) >= 11 is 2.78. The Labute approximate surface area is 122 Å². The van der Waals surface area contributed by atoms with Crippen LogP contribution in [0.15, 0.2) is 27.6 Å². The van der Waals surface area contributed by atoms with Crippen molar-refractivity contribution in [3.8, 4) is 0 Å². The van der Waals surface area contributed by atoms with Crippen LogP contribution >= 0.6 is 15.9 Å². The molecule has 0 aliphatic carbocycles. The van der Waals surface area contributed by atoms with Crippen molar-refractivity contribution in [2.45, 2.75) is 11.1 Å². The number of nitrogens with zero attached hydrogens (tertiary/aromatic N) is 1. The molecule has 1 heterocycles. The predicted molar refractivity (Wildman–Crippen MR) is 68.7 cm³/mol. The van der Waals surface area contributed by atoms with Gasteiger partial charge in [0.1, 0.15) is 0 Å². The number of morpholine rings is 1. The Bertz CT molecular complexity index is 597. The maximum atomic E-state index is 12.8. The standard InChI is InChI=1S/C11H11BrF3NO3S/c12-10-2-1-8(7-9(10)11(13,14)15)20(17,18)16-3-5-19-6-4-16/h1-2,7H,3-6H2. The van der Waals surface area contributed by atoms with Crippen molar-refractivity contribution < 1.29 is 26.3 Å². The van der Waals surface area contributed by atoms with E-state index in [0.29, 0.717) is 6.07 Å². The smallest absolute Gasteiger partial charge is 0.379 e. The first kappa shape index (κ1) is 15.7. The summed E-state index contributed by atoms with van der Waals surface area (Å²) in [6, 6.07) is 2.90. The molecule has 1 aliphatic heterocycles. The van der Waals surface area contributed by atoms with Crippen LogP contribution in [-0.2, 0) is 20.9 Å². The molecule has 0 atom stereocenters. The molecule has 1 aliphatic rings. The van der Waals surface area contributed by atoms with Gasteiger partial charge in [-0.1, -0.05) is 15.9 Å². The van der Waals surface area contributed by atoms with Crippen LogP contribution in [0.3, 0.4) is 0 Å². The Balaban J connectivity index is 2.42. The van der Waals surface area contributed by atoms with E-state index in [-0.39, 0.29) is 35.7 Å². The van der Waals surface area contributed by atoms with Crippen LogP contribution in [0, 0.1) is 0 Å². The number of sulfonamides is 1. The fourth-order valence-corrected chi connectivity index (χ4v) is 3.72. The number of hydrogen-bond donors (Lipinski definition) is 0. The average Bonchev–Trinajstić information content (AvgIpc) is 2.38. The highest BCUT2D eigenvalue weighted by Crippen LogP contribution is 2.36. The Morgan fingerprint density at radius 2 is 1.80 bits per heavy atom. The van der Waals surface area contributed by atoms with E-state index in [9.17, 15) is 21.6 Å². The van der Waals surface area contributed by atoms with Gasteiger partial charge < -0.3 is 4.74 Å². The Hall–Kier alpha value is -0.640. The minimum absolute atomic E-state index is 0.139. The van der Waals surface area contributed by atoms with Gasteiger partial charge in [-0.2, -0.15) is 17.5 Å². The molecule has 1 saturated heterocycles. The number of rotatable bonds is 2. The van der Waals surface area contributed by atoms with Crippen molar-refractivity contribution in [1.29, 1.82) is 0 Å². The molecule has 0 amide bonds. The van der Waals surface area contributed by atoms with Gasteiger partial charge in [0.25, 0.3) is 0 Å². The number of halogens is 4. The molecule has 4 nitrogen and oxygen atoms in total. The van der Waals surface area contributed by atoms with Gasteiger partial charge in [-0.15, -0.1) is 0 Å². The molecule has 9 heteroatoms. The largest absolute Gasteiger partial charge is 0.417 e. The van der Waals surface area contributed by atoms with E-state index in [1.54, 1.807) is 0 Å². The maximum Gasteiger partial charge on any atom is 0.417 e. The maximum absolute atomic E-state index is 12.8. The zero-order valence-corrected chi connectivity index (χ0v) is 12.6. The van der Waals surface area contributed by atoms with Crippen LogP contribution in [0.4, 0.5) is 13.2 Å². The molecule has 0 unspecified atom stereocenters. The summed E-state index contributed by atoms with van der Waals surface area (Å²) in [5, 5.41) is 0. The normalized spacial score (nSPS) is 18.2. The summed E-state index contributed by atoms with van der Waals surface area (Å²) in [4.78, 5) is -0.366. The van der Waals surface area contributed by atoms with E-state index >= 15 is 0 Å². The van der Waals surface area contributed by atoms with Crippen molar-refractivity contribution in [3.63, 3.8) is 0 Å². The first-order chi connectivity index (χ1) is 9.23. The molecule has 0 radical (unpaired) electrons. The minimum Gasteiger partial charge on any atom is -0.379 e. The highest BCUT2D eigenvalue weighted by atomic mass is 79.9. The molecule has 2 rings (SSSR count). The van der Waals surface area contributed by atoms with Gasteiger partial charge in [-0.3, -0.25) is 0 Å². The quantitative estimate of drug-likeness (QED) is 0.799. The van der Waals surface area contributed by atoms with Gasteiger partial charge in [0.15, 0.2) is 0 Å². The third kappa shape index (κ3) is 3.16. The second-order valence-electron chi connectivity index (χ2n) is 4.16. The lowest BCUT2D eigenvalue weighted by atomic mass is 10.2. The second kappa shape index (κ2) is 5.63. The van der Waals surface area contributed by atoms with Crippen molar-refractivity contribution in [3.05, 3.63) is 28.2 Å². The fourth-order valence-electron chi connectivity index (χ4n) is 1.82. The lowest BCUT2D eigenvalue weighted by Crippen LogP contribution is -2.40. The molecule has 1 fully saturated rings. The summed E-state index contributed by atoms with van der Waals surface area (Å²) in [5.41, 5.74) is -1.01. The third-order valence-corrected chi connectivity index (χ3v) is 5.44. The average molecular weight is 374 g/mol. The molecule has 112 valence electrons. The van der Waals surface area contributed by atoms with Crippen LogP contribution in [-0.4, -0.2) is 39.0 Å². The molecular formula is C11H11BrF3NO3S. The second-order valence-corrected chi connectivity index (χ2v) is 6.95. The molecule has 0 bridgehead atoms. The van der Waals surface area contributed by atoms with Crippen LogP contribution in [0.1, 0.15) is 5.56 Å². The van der Waals surface area contributed by atoms with E-state index < -0.39 is 21.8 Å². The van der Waals surface area contributed by atoms with E-state index in [0.717, 1.165) is 16.4 Å². The van der Waals surface area contributed by atoms with E-state index in [4.69, 9.17) is 4.74 Å². The van der Waals surface area contributed by atoms with Gasteiger partial charge in [0.05, 0.1) is 23.7 Å². The van der Waals surface area contributed by atoms with Gasteiger partial charge >= 0.3 is 6.18 Å². The van der Waals surface area contributed by atoms with Crippen molar-refractivity contribution >= 4 is 26.0 Å². The van der Waals surface area contributed by atoms with E-state index in [2.05, 4.69) is 15.9 Å². The van der Waals surface area contributed by atoms with Crippen molar-refractivity contribution in [2.24, 2.45) is 0 Å². The highest BCUT2D eigenvalue weighted by molar-refractivity contribution is 9.10. The molecule has 20 heavy (non-hydrogen) atoms. The number of alkyl halides is 3. The van der Waals surface area contributed by atoms with Crippen molar-refractivity contribution in [2.75, 3.05) is 26.3 Å². The molecule has 1 aromatic carbocycles. The van der Waals surface area contributed by atoms with Gasteiger partial charge in [0.2, 0.25) is 10.0 Å². The Morgan fingerprint density at radius 1 is 1.20 bits per heavy atom. The third-order valence-electron chi connectivity index (χ3n) is 2.85. The van der Waals surface area contributed by atoms with Crippen molar-refractivity contribution in [1.82, 2.24) is 4.31 Å². The topological polar surface area (TPSA) is 46.6 Å². The molecule has 0 saturated carbocycles. The van der Waals surface area contributed by atoms with E-state index in [1.165, 1.54) is 0 Å². The Morgan fingerprint density at radius 3 is 2.35 bits per heavy atom. The summed E-state index contributed by atoms with van der Waals surface area (Å²) in [7, 11) is -3.93. The zero-order chi connectivity index (χ0) is 15.0. The summed E-state index contributed by atoms with van der Waals surface area (Å²) < 4.78 is 68.9. The van der Waals surface area contributed by atoms with Gasteiger partial charge in [0, 0.05) is 17.6 Å². The van der Waals surface area contributed by atoms with E-state index in [1.807, 2.05) is 0 Å².